The van der Waals surface area contributed by atoms with Crippen molar-refractivity contribution in [1.82, 2.24) is 4.98 Å². The minimum Gasteiger partial charge on any atom is -0.377 e. The van der Waals surface area contributed by atoms with Gasteiger partial charge in [0.2, 0.25) is 5.91 Å². The van der Waals surface area contributed by atoms with Gasteiger partial charge in [0.25, 0.3) is 0 Å². The van der Waals surface area contributed by atoms with E-state index in [-0.39, 0.29) is 23.5 Å². The number of hydrogen-bond acceptors (Lipinski definition) is 4. The van der Waals surface area contributed by atoms with Gasteiger partial charge >= 0.3 is 0 Å². The molecule has 0 aliphatic carbocycles. The van der Waals surface area contributed by atoms with Crippen LogP contribution in [0, 0.1) is 17.5 Å². The summed E-state index contributed by atoms with van der Waals surface area (Å²) in [4.78, 5) is 17.7. The van der Waals surface area contributed by atoms with E-state index in [0.717, 1.165) is 17.0 Å². The number of amides is 1. The summed E-state index contributed by atoms with van der Waals surface area (Å²) >= 11 is 0. The molecule has 5 nitrogen and oxygen atoms in total. The van der Waals surface area contributed by atoms with Crippen LogP contribution in [0.5, 0.6) is 0 Å². The first-order valence-electron chi connectivity index (χ1n) is 7.13. The lowest BCUT2D eigenvalue weighted by atomic mass is 9.77. The monoisotopic (exact) mass is 337 g/mol. The molecule has 8 heteroatoms. The number of aliphatic hydroxyl groups is 1. The summed E-state index contributed by atoms with van der Waals surface area (Å²) in [5, 5.41) is 9.40. The summed E-state index contributed by atoms with van der Waals surface area (Å²) in [6, 6.07) is 4.89. The van der Waals surface area contributed by atoms with Gasteiger partial charge in [-0.1, -0.05) is 12.1 Å². The number of halogens is 3. The average molecular weight is 337 g/mol. The molecule has 2 atom stereocenters. The lowest BCUT2D eigenvalue weighted by Crippen LogP contribution is -2.44. The lowest BCUT2D eigenvalue weighted by molar-refractivity contribution is -0.121. The van der Waals surface area contributed by atoms with Crippen molar-refractivity contribution >= 4 is 11.7 Å². The maximum absolute atomic E-state index is 14.5. The molecular formula is C16H14F3N3O2. The van der Waals surface area contributed by atoms with Crippen LogP contribution in [-0.4, -0.2) is 28.8 Å². The standard InChI is InChI=1S/C16H14F3N3O2/c1-16(8-2-4-9(17)5-3-8)12-13(19)10(18)6-21-14(12)22(15(16)24)7-11(20)23/h2-6,11,23H,7,20H2,1H3/t11?,16-/m1/s1. The van der Waals surface area contributed by atoms with Crippen LogP contribution in [-0.2, 0) is 10.2 Å². The lowest BCUT2D eigenvalue weighted by Gasteiger charge is -2.25. The molecule has 0 saturated heterocycles. The largest absolute Gasteiger partial charge is 0.377 e. The molecule has 3 rings (SSSR count). The van der Waals surface area contributed by atoms with Gasteiger partial charge in [-0.05, 0) is 24.6 Å². The fourth-order valence-corrected chi connectivity index (χ4v) is 2.98. The van der Waals surface area contributed by atoms with Crippen LogP contribution < -0.4 is 10.6 Å². The van der Waals surface area contributed by atoms with Crippen LogP contribution in [0.1, 0.15) is 18.1 Å². The molecule has 1 aromatic carbocycles. The molecule has 0 bridgehead atoms. The van der Waals surface area contributed by atoms with Gasteiger partial charge < -0.3 is 10.8 Å². The van der Waals surface area contributed by atoms with Crippen LogP contribution in [0.2, 0.25) is 0 Å². The highest BCUT2D eigenvalue weighted by atomic mass is 19.2. The van der Waals surface area contributed by atoms with E-state index in [1.165, 1.54) is 19.1 Å². The van der Waals surface area contributed by atoms with Gasteiger partial charge in [0.05, 0.1) is 18.3 Å². The van der Waals surface area contributed by atoms with Crippen molar-refractivity contribution in [2.75, 3.05) is 11.4 Å². The highest BCUT2D eigenvalue weighted by Crippen LogP contribution is 2.46. The maximum atomic E-state index is 14.5. The Balaban J connectivity index is 2.26. The van der Waals surface area contributed by atoms with Crippen LogP contribution in [0.3, 0.4) is 0 Å². The Hall–Kier alpha value is -2.45. The van der Waals surface area contributed by atoms with Gasteiger partial charge in [0.15, 0.2) is 11.6 Å². The molecule has 24 heavy (non-hydrogen) atoms. The molecule has 2 aromatic rings. The molecule has 0 radical (unpaired) electrons. The van der Waals surface area contributed by atoms with Crippen molar-refractivity contribution in [3.8, 4) is 0 Å². The second-order valence-corrected chi connectivity index (χ2v) is 5.73. The first-order valence-corrected chi connectivity index (χ1v) is 7.13. The number of aliphatic hydroxyl groups excluding tert-OH is 1. The Morgan fingerprint density at radius 3 is 2.50 bits per heavy atom. The molecule has 126 valence electrons. The number of aromatic nitrogens is 1. The molecule has 0 spiro atoms. The first kappa shape index (κ1) is 16.4. The van der Waals surface area contributed by atoms with E-state index in [1.54, 1.807) is 0 Å². The number of pyridine rings is 1. The SMILES string of the molecule is C[C@]1(c2ccc(F)cc2)C(=O)N(CC(N)O)c2ncc(F)c(F)c21. The van der Waals surface area contributed by atoms with E-state index in [0.29, 0.717) is 6.20 Å². The zero-order valence-electron chi connectivity index (χ0n) is 12.6. The Bertz CT molecular complexity index is 811. The summed E-state index contributed by atoms with van der Waals surface area (Å²) in [6.07, 6.45) is -0.722. The second kappa shape index (κ2) is 5.57. The fraction of sp³-hybridized carbons (Fsp3) is 0.250. The molecule has 0 saturated carbocycles. The Kier molecular flexibility index (Phi) is 3.81. The average Bonchev–Trinajstić information content (AvgIpc) is 2.74. The van der Waals surface area contributed by atoms with Crippen LogP contribution >= 0.6 is 0 Å². The molecule has 1 amide bonds. The number of nitrogens with two attached hydrogens (primary N) is 1. The molecule has 0 fully saturated rings. The summed E-state index contributed by atoms with van der Waals surface area (Å²) in [7, 11) is 0. The van der Waals surface area contributed by atoms with Crippen molar-refractivity contribution < 1.29 is 23.1 Å². The molecule has 1 aromatic heterocycles. The van der Waals surface area contributed by atoms with E-state index in [4.69, 9.17) is 5.73 Å². The fourth-order valence-electron chi connectivity index (χ4n) is 2.98. The Morgan fingerprint density at radius 2 is 1.92 bits per heavy atom. The quantitative estimate of drug-likeness (QED) is 0.831. The van der Waals surface area contributed by atoms with Crippen LogP contribution in [0.25, 0.3) is 0 Å². The highest BCUT2D eigenvalue weighted by molar-refractivity contribution is 6.09. The topological polar surface area (TPSA) is 79.5 Å². The number of fused-ring (bicyclic) bond motifs is 1. The third kappa shape index (κ3) is 2.26. The van der Waals surface area contributed by atoms with Gasteiger partial charge in [-0.25, -0.2) is 18.2 Å². The minimum atomic E-state index is -1.61. The number of carbonyl (C=O) groups is 1. The van der Waals surface area contributed by atoms with E-state index in [9.17, 15) is 23.1 Å². The van der Waals surface area contributed by atoms with Gasteiger partial charge in [-0.3, -0.25) is 9.69 Å². The highest BCUT2D eigenvalue weighted by Gasteiger charge is 2.52. The van der Waals surface area contributed by atoms with E-state index in [2.05, 4.69) is 4.98 Å². The number of nitrogens with zero attached hydrogens (tertiary/aromatic N) is 2. The zero-order valence-corrected chi connectivity index (χ0v) is 12.6. The Labute approximate surface area is 135 Å². The third-order valence-electron chi connectivity index (χ3n) is 4.17. The predicted octanol–water partition coefficient (Wildman–Crippen LogP) is 1.43. The molecule has 2 heterocycles. The Morgan fingerprint density at radius 1 is 1.29 bits per heavy atom. The smallest absolute Gasteiger partial charge is 0.243 e. The number of benzene rings is 1. The minimum absolute atomic E-state index is 0.116. The second-order valence-electron chi connectivity index (χ2n) is 5.73. The number of hydrogen-bond donors (Lipinski definition) is 2. The molecule has 3 N–H and O–H groups in total. The van der Waals surface area contributed by atoms with Gasteiger partial charge in [-0.15, -0.1) is 0 Å². The zero-order chi connectivity index (χ0) is 17.6. The first-order chi connectivity index (χ1) is 11.3. The number of rotatable bonds is 3. The van der Waals surface area contributed by atoms with Crippen molar-refractivity contribution in [2.24, 2.45) is 5.73 Å². The van der Waals surface area contributed by atoms with Crippen molar-refractivity contribution in [1.29, 1.82) is 0 Å². The normalized spacial score (nSPS) is 21.1. The van der Waals surface area contributed by atoms with Gasteiger partial charge in [0.1, 0.15) is 23.3 Å². The van der Waals surface area contributed by atoms with Crippen LogP contribution in [0.15, 0.2) is 30.5 Å². The van der Waals surface area contributed by atoms with Gasteiger partial charge in [0, 0.05) is 0 Å². The van der Waals surface area contributed by atoms with E-state index in [1.807, 2.05) is 0 Å². The number of β-amino-alcohol motifs (C(OH)–C–C–N with tert-alkyl or cyclic N) is 1. The van der Waals surface area contributed by atoms with Gasteiger partial charge in [-0.2, -0.15) is 0 Å². The van der Waals surface area contributed by atoms with Crippen molar-refractivity contribution in [3.05, 3.63) is 59.0 Å². The number of anilines is 1. The number of carbonyl (C=O) groups excluding carboxylic acids is 1. The van der Waals surface area contributed by atoms with E-state index >= 15 is 0 Å². The van der Waals surface area contributed by atoms with E-state index < -0.39 is 35.0 Å². The maximum Gasteiger partial charge on any atom is 0.243 e. The molecule has 1 unspecified atom stereocenters. The van der Waals surface area contributed by atoms with Crippen molar-refractivity contribution in [3.63, 3.8) is 0 Å². The van der Waals surface area contributed by atoms with Crippen LogP contribution in [0.4, 0.5) is 19.0 Å². The predicted molar refractivity (Wildman–Crippen MR) is 79.6 cm³/mol. The summed E-state index contributed by atoms with van der Waals surface area (Å²) < 4.78 is 41.4. The third-order valence-corrected chi connectivity index (χ3v) is 4.17. The molecule has 1 aliphatic rings. The summed E-state index contributed by atoms with van der Waals surface area (Å²) in [5.41, 5.74) is 3.72. The summed E-state index contributed by atoms with van der Waals surface area (Å²) in [6.45, 7) is 1.06. The molecular weight excluding hydrogens is 323 g/mol. The molecule has 1 aliphatic heterocycles. The summed E-state index contributed by atoms with van der Waals surface area (Å²) in [5.74, 6) is -3.69. The van der Waals surface area contributed by atoms with Crippen molar-refractivity contribution in [2.45, 2.75) is 18.6 Å².